The number of urea groups is 1. The van der Waals surface area contributed by atoms with Crippen LogP contribution in [0.5, 0.6) is 5.75 Å². The molecule has 1 saturated heterocycles. The molecule has 1 aromatic rings. The fourth-order valence-corrected chi connectivity index (χ4v) is 4.40. The number of carbonyl (C=O) groups excluding carboxylic acids is 2. The number of nitrogens with two attached hydrogens (primary N) is 2. The number of allylic oxidation sites excluding steroid dienone is 1. The first-order chi connectivity index (χ1) is 15.2. The average molecular weight is 443 g/mol. The standard InChI is InChI=1S/C23H30N4O5/c1-13(2)18-12-31-19-7-14(3-5-17(19)10-27(18)30)21-11-26(23(25)29)9-16-6-4-15(22(24)28)8-20(16)32-21/h3-5,7-8,13,16,18,21,30H,6,9-12H2,1-2H3,(H2,24,28)(H2,25,29)/t16?,18-,21?/m1/s1. The first-order valence-corrected chi connectivity index (χ1v) is 10.9. The van der Waals surface area contributed by atoms with Crippen molar-refractivity contribution in [1.82, 2.24) is 9.96 Å². The molecule has 3 atom stereocenters. The zero-order valence-corrected chi connectivity index (χ0v) is 18.4. The Balaban J connectivity index is 1.64. The molecular formula is C23H30N4O5. The summed E-state index contributed by atoms with van der Waals surface area (Å²) in [7, 11) is 0. The van der Waals surface area contributed by atoms with Gasteiger partial charge in [-0.2, -0.15) is 5.06 Å². The van der Waals surface area contributed by atoms with E-state index >= 15 is 0 Å². The van der Waals surface area contributed by atoms with Crippen LogP contribution in [0.3, 0.4) is 0 Å². The van der Waals surface area contributed by atoms with Crippen LogP contribution < -0.4 is 16.2 Å². The number of hydroxylamine groups is 2. The lowest BCUT2D eigenvalue weighted by atomic mass is 9.94. The fourth-order valence-electron chi connectivity index (χ4n) is 4.40. The Hall–Kier alpha value is -3.04. The molecule has 0 spiro atoms. The van der Waals surface area contributed by atoms with Crippen molar-refractivity contribution in [2.75, 3.05) is 19.7 Å². The quantitative estimate of drug-likeness (QED) is 0.657. The molecule has 9 heteroatoms. The van der Waals surface area contributed by atoms with E-state index in [0.717, 1.165) is 11.1 Å². The van der Waals surface area contributed by atoms with Crippen LogP contribution in [0.1, 0.15) is 37.5 Å². The smallest absolute Gasteiger partial charge is 0.314 e. The van der Waals surface area contributed by atoms with Crippen molar-refractivity contribution in [3.63, 3.8) is 0 Å². The fraction of sp³-hybridized carbons (Fsp3) is 0.478. The third-order valence-corrected chi connectivity index (χ3v) is 6.38. The van der Waals surface area contributed by atoms with Gasteiger partial charge in [-0.25, -0.2) is 4.79 Å². The summed E-state index contributed by atoms with van der Waals surface area (Å²) in [6.07, 6.45) is 3.47. The molecule has 0 bridgehead atoms. The normalized spacial score (nSPS) is 25.9. The maximum absolute atomic E-state index is 12.1. The van der Waals surface area contributed by atoms with E-state index in [9.17, 15) is 14.8 Å². The molecule has 5 N–H and O–H groups in total. The highest BCUT2D eigenvalue weighted by molar-refractivity contribution is 5.95. The second-order valence-corrected chi connectivity index (χ2v) is 8.94. The largest absolute Gasteiger partial charge is 0.492 e. The van der Waals surface area contributed by atoms with Gasteiger partial charge >= 0.3 is 6.03 Å². The number of fused-ring (bicyclic) bond motifs is 2. The lowest BCUT2D eigenvalue weighted by Gasteiger charge is -2.25. The van der Waals surface area contributed by atoms with Crippen LogP contribution in [0.15, 0.2) is 41.7 Å². The van der Waals surface area contributed by atoms with E-state index in [1.807, 2.05) is 32.0 Å². The van der Waals surface area contributed by atoms with Crippen LogP contribution in [-0.4, -0.2) is 52.8 Å². The van der Waals surface area contributed by atoms with Crippen LogP contribution in [0, 0.1) is 11.8 Å². The SMILES string of the molecule is CC(C)[C@H]1COc2cc(C3CN(C(N)=O)CC4CC=C(C(N)=O)C=C4O3)ccc2CN1O. The zero-order chi connectivity index (χ0) is 23.0. The molecule has 1 aromatic carbocycles. The number of nitrogens with zero attached hydrogens (tertiary/aromatic N) is 2. The third kappa shape index (κ3) is 4.44. The highest BCUT2D eigenvalue weighted by Gasteiger charge is 2.34. The first-order valence-electron chi connectivity index (χ1n) is 10.9. The average Bonchev–Trinajstić information content (AvgIpc) is 3.03. The summed E-state index contributed by atoms with van der Waals surface area (Å²) < 4.78 is 12.4. The van der Waals surface area contributed by atoms with E-state index in [4.69, 9.17) is 20.9 Å². The van der Waals surface area contributed by atoms with Gasteiger partial charge in [-0.15, -0.1) is 0 Å². The molecule has 9 nitrogen and oxygen atoms in total. The molecule has 2 unspecified atom stereocenters. The summed E-state index contributed by atoms with van der Waals surface area (Å²) >= 11 is 0. The van der Waals surface area contributed by atoms with Gasteiger partial charge in [-0.1, -0.05) is 32.1 Å². The molecule has 3 amide bonds. The Labute approximate surface area is 187 Å². The van der Waals surface area contributed by atoms with Crippen LogP contribution in [0.25, 0.3) is 0 Å². The molecule has 0 radical (unpaired) electrons. The molecular weight excluding hydrogens is 412 g/mol. The van der Waals surface area contributed by atoms with Crippen LogP contribution >= 0.6 is 0 Å². The van der Waals surface area contributed by atoms with E-state index in [0.29, 0.717) is 43.2 Å². The summed E-state index contributed by atoms with van der Waals surface area (Å²) in [6, 6.07) is 5.07. The Morgan fingerprint density at radius 3 is 2.69 bits per heavy atom. The van der Waals surface area contributed by atoms with Gasteiger partial charge < -0.3 is 31.0 Å². The minimum atomic E-state index is -0.522. The lowest BCUT2D eigenvalue weighted by Crippen LogP contribution is -2.40. The van der Waals surface area contributed by atoms with E-state index < -0.39 is 18.0 Å². The molecule has 2 aliphatic heterocycles. The molecule has 1 aliphatic carbocycles. The highest BCUT2D eigenvalue weighted by Crippen LogP contribution is 2.37. The predicted octanol–water partition coefficient (Wildman–Crippen LogP) is 2.06. The summed E-state index contributed by atoms with van der Waals surface area (Å²) in [6.45, 7) is 5.48. The number of hydrogen-bond acceptors (Lipinski definition) is 6. The van der Waals surface area contributed by atoms with Crippen molar-refractivity contribution in [1.29, 1.82) is 0 Å². The Kier molecular flexibility index (Phi) is 6.12. The van der Waals surface area contributed by atoms with Gasteiger partial charge in [0.25, 0.3) is 0 Å². The van der Waals surface area contributed by atoms with Crippen LogP contribution in [0.4, 0.5) is 4.79 Å². The lowest BCUT2D eigenvalue weighted by molar-refractivity contribution is -0.150. The number of ether oxygens (including phenoxy) is 2. The van der Waals surface area contributed by atoms with Gasteiger partial charge in [0.2, 0.25) is 5.91 Å². The monoisotopic (exact) mass is 442 g/mol. The molecule has 172 valence electrons. The molecule has 0 saturated carbocycles. The maximum Gasteiger partial charge on any atom is 0.314 e. The second kappa shape index (κ2) is 8.84. The van der Waals surface area contributed by atoms with Gasteiger partial charge in [-0.05, 0) is 30.0 Å². The van der Waals surface area contributed by atoms with Crippen LogP contribution in [-0.2, 0) is 16.1 Å². The van der Waals surface area contributed by atoms with Crippen molar-refractivity contribution in [2.24, 2.45) is 23.3 Å². The van der Waals surface area contributed by atoms with E-state index in [2.05, 4.69) is 0 Å². The summed E-state index contributed by atoms with van der Waals surface area (Å²) in [4.78, 5) is 25.3. The summed E-state index contributed by atoms with van der Waals surface area (Å²) in [5.74, 6) is 0.911. The second-order valence-electron chi connectivity index (χ2n) is 8.94. The Morgan fingerprint density at radius 1 is 1.22 bits per heavy atom. The number of hydrogen-bond donors (Lipinski definition) is 3. The highest BCUT2D eigenvalue weighted by atomic mass is 16.5. The molecule has 32 heavy (non-hydrogen) atoms. The predicted molar refractivity (Wildman–Crippen MR) is 116 cm³/mol. The number of amides is 3. The van der Waals surface area contributed by atoms with Crippen molar-refractivity contribution in [2.45, 2.75) is 39.0 Å². The van der Waals surface area contributed by atoms with Crippen molar-refractivity contribution >= 4 is 11.9 Å². The minimum Gasteiger partial charge on any atom is -0.492 e. The molecule has 4 rings (SSSR count). The zero-order valence-electron chi connectivity index (χ0n) is 18.4. The van der Waals surface area contributed by atoms with E-state index in [1.165, 1.54) is 5.06 Å². The van der Waals surface area contributed by atoms with Gasteiger partial charge in [0.1, 0.15) is 24.2 Å². The molecule has 2 heterocycles. The number of benzene rings is 1. The number of primary amides is 2. The molecule has 0 aromatic heterocycles. The van der Waals surface area contributed by atoms with Crippen molar-refractivity contribution in [3.8, 4) is 5.75 Å². The minimum absolute atomic E-state index is 0.0950. The van der Waals surface area contributed by atoms with Gasteiger partial charge in [0.05, 0.1) is 19.1 Å². The topological polar surface area (TPSA) is 131 Å². The summed E-state index contributed by atoms with van der Waals surface area (Å²) in [5, 5.41) is 11.8. The van der Waals surface area contributed by atoms with Gasteiger partial charge in [0, 0.05) is 23.6 Å². The molecule has 3 aliphatic rings. The maximum atomic E-state index is 12.1. The summed E-state index contributed by atoms with van der Waals surface area (Å²) in [5.41, 5.74) is 13.2. The van der Waals surface area contributed by atoms with E-state index in [1.54, 1.807) is 17.1 Å². The van der Waals surface area contributed by atoms with Crippen molar-refractivity contribution in [3.05, 3.63) is 52.8 Å². The molecule has 1 fully saturated rings. The third-order valence-electron chi connectivity index (χ3n) is 6.38. The first kappa shape index (κ1) is 22.2. The Morgan fingerprint density at radius 2 is 2.00 bits per heavy atom. The number of carbonyl (C=O) groups is 2. The van der Waals surface area contributed by atoms with Gasteiger partial charge in [-0.3, -0.25) is 4.79 Å². The Bertz CT molecular complexity index is 973. The van der Waals surface area contributed by atoms with Crippen molar-refractivity contribution < 1.29 is 24.3 Å². The number of rotatable bonds is 3. The van der Waals surface area contributed by atoms with Gasteiger partial charge in [0.15, 0.2) is 0 Å². The van der Waals surface area contributed by atoms with Crippen LogP contribution in [0.2, 0.25) is 0 Å². The van der Waals surface area contributed by atoms with E-state index in [-0.39, 0.29) is 24.4 Å².